The minimum Gasteiger partial charge on any atom is -0.378 e. The Labute approximate surface area is 172 Å². The summed E-state index contributed by atoms with van der Waals surface area (Å²) < 4.78 is 5.31. The number of carbonyl (C=O) groups is 2. The van der Waals surface area contributed by atoms with Gasteiger partial charge in [-0.15, -0.1) is 0 Å². The van der Waals surface area contributed by atoms with Crippen LogP contribution in [0, 0.1) is 0 Å². The second-order valence-electron chi connectivity index (χ2n) is 6.51. The van der Waals surface area contributed by atoms with E-state index in [1.165, 1.54) is 11.8 Å². The highest BCUT2D eigenvalue weighted by molar-refractivity contribution is 8.04. The maximum Gasteiger partial charge on any atom is 0.265 e. The second kappa shape index (κ2) is 8.39. The lowest BCUT2D eigenvalue weighted by Gasteiger charge is -2.33. The number of amides is 2. The molecule has 0 unspecified atom stereocenters. The number of para-hydroxylation sites is 1. The lowest BCUT2D eigenvalue weighted by molar-refractivity contribution is -0.134. The van der Waals surface area contributed by atoms with Gasteiger partial charge in [-0.05, 0) is 35.9 Å². The number of anilines is 1. The molecule has 2 heterocycles. The molecule has 2 amide bonds. The summed E-state index contributed by atoms with van der Waals surface area (Å²) in [7, 11) is 0. The first-order valence-electron chi connectivity index (χ1n) is 9.03. The molecule has 0 spiro atoms. The van der Waals surface area contributed by atoms with Crippen molar-refractivity contribution in [1.82, 2.24) is 4.90 Å². The Bertz CT molecular complexity index is 924. The van der Waals surface area contributed by atoms with E-state index in [-0.39, 0.29) is 18.4 Å². The van der Waals surface area contributed by atoms with Gasteiger partial charge in [-0.2, -0.15) is 0 Å². The first kappa shape index (κ1) is 19.1. The summed E-state index contributed by atoms with van der Waals surface area (Å²) >= 11 is 7.37. The van der Waals surface area contributed by atoms with Crippen LogP contribution in [-0.4, -0.2) is 49.6 Å². The van der Waals surface area contributed by atoms with E-state index >= 15 is 0 Å². The van der Waals surface area contributed by atoms with Crippen molar-refractivity contribution in [3.05, 3.63) is 64.0 Å². The molecule has 2 aliphatic heterocycles. The molecule has 0 radical (unpaired) electrons. The molecule has 1 fully saturated rings. The lowest BCUT2D eigenvalue weighted by atomic mass is 10.2. The molecule has 0 bridgehead atoms. The number of fused-ring (bicyclic) bond motifs is 1. The van der Waals surface area contributed by atoms with E-state index in [2.05, 4.69) is 0 Å². The van der Waals surface area contributed by atoms with E-state index < -0.39 is 0 Å². The molecule has 28 heavy (non-hydrogen) atoms. The zero-order valence-electron chi connectivity index (χ0n) is 15.1. The Hall–Kier alpha value is -2.28. The van der Waals surface area contributed by atoms with Crippen molar-refractivity contribution in [1.29, 1.82) is 0 Å². The van der Waals surface area contributed by atoms with E-state index in [0.717, 1.165) is 16.1 Å². The SMILES string of the molecule is O=C(CN1C(=O)/C(=C/c2ccc(Cl)cc2)Sc2ccccc21)N1CCOCC1. The largest absolute Gasteiger partial charge is 0.378 e. The van der Waals surface area contributed by atoms with Crippen molar-refractivity contribution in [3.63, 3.8) is 0 Å². The molecule has 7 heteroatoms. The van der Waals surface area contributed by atoms with E-state index in [0.29, 0.717) is 36.2 Å². The van der Waals surface area contributed by atoms with Gasteiger partial charge < -0.3 is 9.64 Å². The Morgan fingerprint density at radius 2 is 1.82 bits per heavy atom. The number of morpholine rings is 1. The molecule has 4 rings (SSSR count). The highest BCUT2D eigenvalue weighted by atomic mass is 35.5. The number of benzene rings is 2. The molecule has 2 aliphatic rings. The zero-order chi connectivity index (χ0) is 19.5. The van der Waals surface area contributed by atoms with Crippen LogP contribution in [0.25, 0.3) is 6.08 Å². The van der Waals surface area contributed by atoms with Gasteiger partial charge in [0.25, 0.3) is 5.91 Å². The minimum atomic E-state index is -0.166. The lowest BCUT2D eigenvalue weighted by Crippen LogP contribution is -2.48. The molecule has 0 atom stereocenters. The second-order valence-corrected chi connectivity index (χ2v) is 8.03. The van der Waals surface area contributed by atoms with Crippen molar-refractivity contribution < 1.29 is 14.3 Å². The predicted octanol–water partition coefficient (Wildman–Crippen LogP) is 3.68. The van der Waals surface area contributed by atoms with Crippen molar-refractivity contribution in [3.8, 4) is 0 Å². The molecule has 1 saturated heterocycles. The summed E-state index contributed by atoms with van der Waals surface area (Å²) in [6.45, 7) is 2.21. The third-order valence-electron chi connectivity index (χ3n) is 4.66. The summed E-state index contributed by atoms with van der Waals surface area (Å²) in [5.41, 5.74) is 1.66. The maximum atomic E-state index is 13.2. The summed E-state index contributed by atoms with van der Waals surface area (Å²) in [5, 5.41) is 0.646. The summed E-state index contributed by atoms with van der Waals surface area (Å²) in [5.74, 6) is -0.232. The van der Waals surface area contributed by atoms with E-state index in [1.54, 1.807) is 21.9 Å². The summed E-state index contributed by atoms with van der Waals surface area (Å²) in [6.07, 6.45) is 1.84. The van der Waals surface area contributed by atoms with E-state index in [9.17, 15) is 9.59 Å². The molecule has 0 saturated carbocycles. The molecule has 0 N–H and O–H groups in total. The quantitative estimate of drug-likeness (QED) is 0.719. The van der Waals surface area contributed by atoms with Gasteiger partial charge in [0, 0.05) is 23.0 Å². The van der Waals surface area contributed by atoms with Crippen LogP contribution in [0.1, 0.15) is 5.56 Å². The number of rotatable bonds is 3. The molecule has 0 aromatic heterocycles. The summed E-state index contributed by atoms with van der Waals surface area (Å²) in [6, 6.07) is 15.0. The van der Waals surface area contributed by atoms with Crippen LogP contribution in [-0.2, 0) is 14.3 Å². The molecular weight excluding hydrogens is 396 g/mol. The zero-order valence-corrected chi connectivity index (χ0v) is 16.7. The Morgan fingerprint density at radius 3 is 2.57 bits per heavy atom. The molecule has 5 nitrogen and oxygen atoms in total. The van der Waals surface area contributed by atoms with Gasteiger partial charge in [0.05, 0.1) is 23.8 Å². The van der Waals surface area contributed by atoms with E-state index in [1.807, 2.05) is 42.5 Å². The van der Waals surface area contributed by atoms with Crippen molar-refractivity contribution in [2.24, 2.45) is 0 Å². The first-order chi connectivity index (χ1) is 13.6. The molecule has 0 aliphatic carbocycles. The standard InChI is InChI=1S/C21H19ClN2O3S/c22-16-7-5-15(6-8-16)13-19-21(26)24(17-3-1-2-4-18(17)28-19)14-20(25)23-9-11-27-12-10-23/h1-8,13H,9-12,14H2/b19-13-. The molecular formula is C21H19ClN2O3S. The number of carbonyl (C=O) groups excluding carboxylic acids is 2. The fourth-order valence-electron chi connectivity index (χ4n) is 3.18. The van der Waals surface area contributed by atoms with Crippen LogP contribution in [0.4, 0.5) is 5.69 Å². The first-order valence-corrected chi connectivity index (χ1v) is 10.2. The van der Waals surface area contributed by atoms with Crippen LogP contribution in [0.5, 0.6) is 0 Å². The van der Waals surface area contributed by atoms with Gasteiger partial charge in [0.1, 0.15) is 6.54 Å². The van der Waals surface area contributed by atoms with Crippen LogP contribution in [0.15, 0.2) is 58.3 Å². The maximum absolute atomic E-state index is 13.2. The van der Waals surface area contributed by atoms with Crippen molar-refractivity contribution in [2.75, 3.05) is 37.7 Å². The number of nitrogens with zero attached hydrogens (tertiary/aromatic N) is 2. The van der Waals surface area contributed by atoms with Crippen LogP contribution < -0.4 is 4.90 Å². The summed E-state index contributed by atoms with van der Waals surface area (Å²) in [4.78, 5) is 30.8. The average Bonchev–Trinajstić information content (AvgIpc) is 2.73. The number of hydrogen-bond donors (Lipinski definition) is 0. The fourth-order valence-corrected chi connectivity index (χ4v) is 4.36. The van der Waals surface area contributed by atoms with Crippen LogP contribution in [0.3, 0.4) is 0 Å². The molecule has 2 aromatic carbocycles. The fraction of sp³-hybridized carbons (Fsp3) is 0.238. The highest BCUT2D eigenvalue weighted by Crippen LogP contribution is 2.42. The highest BCUT2D eigenvalue weighted by Gasteiger charge is 2.31. The van der Waals surface area contributed by atoms with Gasteiger partial charge in [-0.3, -0.25) is 14.5 Å². The monoisotopic (exact) mass is 414 g/mol. The number of halogens is 1. The van der Waals surface area contributed by atoms with E-state index in [4.69, 9.17) is 16.3 Å². The van der Waals surface area contributed by atoms with Gasteiger partial charge in [-0.25, -0.2) is 0 Å². The van der Waals surface area contributed by atoms with Crippen LogP contribution in [0.2, 0.25) is 5.02 Å². The Balaban J connectivity index is 1.63. The molecule has 2 aromatic rings. The number of thioether (sulfide) groups is 1. The van der Waals surface area contributed by atoms with Crippen molar-refractivity contribution >= 4 is 46.9 Å². The smallest absolute Gasteiger partial charge is 0.265 e. The topological polar surface area (TPSA) is 49.9 Å². The third kappa shape index (κ3) is 4.09. The normalized spacial score (nSPS) is 18.3. The van der Waals surface area contributed by atoms with Crippen molar-refractivity contribution in [2.45, 2.75) is 4.90 Å². The van der Waals surface area contributed by atoms with Gasteiger partial charge in [0.2, 0.25) is 5.91 Å². The third-order valence-corrected chi connectivity index (χ3v) is 5.99. The predicted molar refractivity (Wildman–Crippen MR) is 111 cm³/mol. The Morgan fingerprint density at radius 1 is 1.11 bits per heavy atom. The van der Waals surface area contributed by atoms with Crippen LogP contribution >= 0.6 is 23.4 Å². The van der Waals surface area contributed by atoms with Gasteiger partial charge >= 0.3 is 0 Å². The number of ether oxygens (including phenoxy) is 1. The Kier molecular flexibility index (Phi) is 5.71. The van der Waals surface area contributed by atoms with Gasteiger partial charge in [-0.1, -0.05) is 47.6 Å². The number of hydrogen-bond acceptors (Lipinski definition) is 4. The average molecular weight is 415 g/mol. The molecule has 144 valence electrons. The minimum absolute atomic E-state index is 0.0222. The van der Waals surface area contributed by atoms with Gasteiger partial charge in [0.15, 0.2) is 0 Å².